The summed E-state index contributed by atoms with van der Waals surface area (Å²) in [5, 5.41) is 10.2. The van der Waals surface area contributed by atoms with Gasteiger partial charge in [0.1, 0.15) is 0 Å². The number of hydrogen-bond donors (Lipinski definition) is 2. The summed E-state index contributed by atoms with van der Waals surface area (Å²) in [5.41, 5.74) is 3.75. The second-order valence-electron chi connectivity index (χ2n) is 6.26. The highest BCUT2D eigenvalue weighted by molar-refractivity contribution is 7.94. The van der Waals surface area contributed by atoms with Crippen LogP contribution in [0.3, 0.4) is 0 Å². The first-order valence-corrected chi connectivity index (χ1v) is 10.9. The van der Waals surface area contributed by atoms with E-state index in [9.17, 15) is 13.2 Å². The highest BCUT2D eigenvalue weighted by atomic mass is 32.2. The maximum Gasteiger partial charge on any atom is 0.291 e. The number of amides is 1. The average Bonchev–Trinajstić information content (AvgIpc) is 3.13. The molecule has 0 fully saturated rings. The third kappa shape index (κ3) is 4.37. The van der Waals surface area contributed by atoms with E-state index in [1.165, 1.54) is 0 Å². The molecule has 1 heterocycles. The molecule has 0 aliphatic rings. The highest BCUT2D eigenvalue weighted by Crippen LogP contribution is 2.27. The van der Waals surface area contributed by atoms with Crippen LogP contribution in [0.2, 0.25) is 0 Å². The van der Waals surface area contributed by atoms with Crippen LogP contribution in [0.25, 0.3) is 0 Å². The Morgan fingerprint density at radius 2 is 1.79 bits per heavy atom. The van der Waals surface area contributed by atoms with Crippen LogP contribution in [0.5, 0.6) is 0 Å². The Bertz CT molecular complexity index is 1110. The van der Waals surface area contributed by atoms with Crippen LogP contribution in [-0.2, 0) is 16.4 Å². The summed E-state index contributed by atoms with van der Waals surface area (Å²) in [6.07, 6.45) is 0.688. The molecule has 1 aromatic heterocycles. The smallest absolute Gasteiger partial charge is 0.291 e. The number of aromatic nitrogens is 2. The fourth-order valence-corrected chi connectivity index (χ4v) is 4.66. The van der Waals surface area contributed by atoms with Crippen molar-refractivity contribution < 1.29 is 13.2 Å². The van der Waals surface area contributed by atoms with Gasteiger partial charge in [-0.05, 0) is 43.5 Å². The molecule has 0 spiro atoms. The summed E-state index contributed by atoms with van der Waals surface area (Å²) in [6, 6.07) is 12.6. The molecular weight excluding hydrogens is 396 g/mol. The van der Waals surface area contributed by atoms with Gasteiger partial charge in [0, 0.05) is 5.56 Å². The van der Waals surface area contributed by atoms with Crippen LogP contribution in [0.1, 0.15) is 34.0 Å². The zero-order valence-corrected chi connectivity index (χ0v) is 17.3. The van der Waals surface area contributed by atoms with Gasteiger partial charge in [0.15, 0.2) is 0 Å². The number of para-hydroxylation sites is 1. The largest absolute Gasteiger partial charge is 0.296 e. The molecule has 0 radical (unpaired) electrons. The summed E-state index contributed by atoms with van der Waals surface area (Å²) in [6.45, 7) is 5.72. The van der Waals surface area contributed by atoms with Crippen molar-refractivity contribution in [3.05, 3.63) is 64.7 Å². The van der Waals surface area contributed by atoms with Crippen molar-refractivity contribution in [2.45, 2.75) is 31.5 Å². The van der Waals surface area contributed by atoms with Gasteiger partial charge >= 0.3 is 0 Å². The number of rotatable bonds is 6. The Labute approximate surface area is 167 Å². The third-order valence-corrected chi connectivity index (χ3v) is 6.70. The van der Waals surface area contributed by atoms with Crippen LogP contribution in [0.15, 0.2) is 46.8 Å². The van der Waals surface area contributed by atoms with Crippen LogP contribution in [0, 0.1) is 13.8 Å². The lowest BCUT2D eigenvalue weighted by Crippen LogP contribution is -2.15. The maximum absolute atomic E-state index is 12.7. The average molecular weight is 417 g/mol. The zero-order chi connectivity index (χ0) is 20.3. The molecule has 0 atom stereocenters. The van der Waals surface area contributed by atoms with Gasteiger partial charge in [0.05, 0.1) is 5.69 Å². The Hall–Kier alpha value is -2.78. The van der Waals surface area contributed by atoms with Gasteiger partial charge in [0.2, 0.25) is 5.13 Å². The first-order chi connectivity index (χ1) is 13.3. The summed E-state index contributed by atoms with van der Waals surface area (Å²) in [4.78, 5) is 12.3. The van der Waals surface area contributed by atoms with Gasteiger partial charge in [-0.25, -0.2) is 0 Å². The van der Waals surface area contributed by atoms with Gasteiger partial charge in [-0.2, -0.15) is 8.42 Å². The molecule has 0 saturated heterocycles. The van der Waals surface area contributed by atoms with Crippen molar-refractivity contribution in [2.75, 3.05) is 10.0 Å². The number of anilines is 2. The molecule has 7 nitrogen and oxygen atoms in total. The van der Waals surface area contributed by atoms with E-state index in [2.05, 4.69) is 20.2 Å². The van der Waals surface area contributed by atoms with Crippen molar-refractivity contribution in [3.8, 4) is 0 Å². The summed E-state index contributed by atoms with van der Waals surface area (Å²) >= 11 is 0.800. The first kappa shape index (κ1) is 20.0. The number of carbonyl (C=O) groups excluding carboxylic acids is 1. The molecule has 0 aliphatic heterocycles. The highest BCUT2D eigenvalue weighted by Gasteiger charge is 2.23. The van der Waals surface area contributed by atoms with E-state index in [0.29, 0.717) is 17.7 Å². The molecule has 146 valence electrons. The normalized spacial score (nSPS) is 11.2. The summed E-state index contributed by atoms with van der Waals surface area (Å²) in [7, 11) is -3.91. The van der Waals surface area contributed by atoms with Gasteiger partial charge in [-0.3, -0.25) is 14.8 Å². The topological polar surface area (TPSA) is 101 Å². The second kappa shape index (κ2) is 8.07. The van der Waals surface area contributed by atoms with E-state index in [0.717, 1.165) is 28.0 Å². The van der Waals surface area contributed by atoms with Crippen LogP contribution in [-0.4, -0.2) is 24.5 Å². The fourth-order valence-electron chi connectivity index (χ4n) is 2.59. The van der Waals surface area contributed by atoms with Crippen LogP contribution >= 0.6 is 11.3 Å². The standard InChI is InChI=1S/C19H20N4O3S2/c1-4-14-7-5-6-13(3)16(14)23-28(25,26)19-22-21-18(27-19)20-17(24)15-10-8-12(2)9-11-15/h5-11,23H,4H2,1-3H3,(H,20,21,24). The lowest BCUT2D eigenvalue weighted by molar-refractivity contribution is 0.102. The Morgan fingerprint density at radius 3 is 2.46 bits per heavy atom. The number of sulfonamides is 1. The zero-order valence-electron chi connectivity index (χ0n) is 15.7. The SMILES string of the molecule is CCc1cccc(C)c1NS(=O)(=O)c1nnc(NC(=O)c2ccc(C)cc2)s1. The maximum atomic E-state index is 12.7. The predicted molar refractivity (Wildman–Crippen MR) is 110 cm³/mol. The molecule has 0 aliphatic carbocycles. The van der Waals surface area contributed by atoms with Gasteiger partial charge in [-0.1, -0.05) is 54.2 Å². The van der Waals surface area contributed by atoms with Crippen molar-refractivity contribution in [3.63, 3.8) is 0 Å². The van der Waals surface area contributed by atoms with E-state index >= 15 is 0 Å². The van der Waals surface area contributed by atoms with Crippen molar-refractivity contribution in [2.24, 2.45) is 0 Å². The molecule has 1 amide bonds. The van der Waals surface area contributed by atoms with Gasteiger partial charge in [0.25, 0.3) is 20.3 Å². The van der Waals surface area contributed by atoms with Crippen LogP contribution < -0.4 is 10.0 Å². The lowest BCUT2D eigenvalue weighted by atomic mass is 10.1. The monoisotopic (exact) mass is 416 g/mol. The minimum atomic E-state index is -3.91. The van der Waals surface area contributed by atoms with E-state index in [4.69, 9.17) is 0 Å². The molecule has 2 aromatic carbocycles. The molecule has 0 bridgehead atoms. The number of nitrogens with zero attached hydrogens (tertiary/aromatic N) is 2. The summed E-state index contributed by atoms with van der Waals surface area (Å²) < 4.78 is 27.8. The first-order valence-electron chi connectivity index (χ1n) is 8.63. The number of nitrogens with one attached hydrogen (secondary N) is 2. The fraction of sp³-hybridized carbons (Fsp3) is 0.211. The van der Waals surface area contributed by atoms with Gasteiger partial charge < -0.3 is 0 Å². The minimum absolute atomic E-state index is 0.117. The Kier molecular flexibility index (Phi) is 5.76. The van der Waals surface area contributed by atoms with E-state index < -0.39 is 10.0 Å². The van der Waals surface area contributed by atoms with Crippen LogP contribution in [0.4, 0.5) is 10.8 Å². The number of carbonyl (C=O) groups is 1. The van der Waals surface area contributed by atoms with Gasteiger partial charge in [-0.15, -0.1) is 10.2 Å². The number of aryl methyl sites for hydroxylation is 3. The molecule has 9 heteroatoms. The van der Waals surface area contributed by atoms with Crippen molar-refractivity contribution >= 4 is 38.1 Å². The molecule has 2 N–H and O–H groups in total. The molecule has 3 aromatic rings. The molecule has 0 unspecified atom stereocenters. The molecular formula is C19H20N4O3S2. The minimum Gasteiger partial charge on any atom is -0.296 e. The molecule has 3 rings (SSSR count). The molecule has 28 heavy (non-hydrogen) atoms. The molecule has 0 saturated carbocycles. The second-order valence-corrected chi connectivity index (χ2v) is 9.09. The third-order valence-electron chi connectivity index (χ3n) is 4.15. The van der Waals surface area contributed by atoms with E-state index in [-0.39, 0.29) is 15.4 Å². The Morgan fingerprint density at radius 1 is 1.07 bits per heavy atom. The lowest BCUT2D eigenvalue weighted by Gasteiger charge is -2.12. The Balaban J connectivity index is 1.79. The summed E-state index contributed by atoms with van der Waals surface area (Å²) in [5.74, 6) is -0.375. The quantitative estimate of drug-likeness (QED) is 0.596. The van der Waals surface area contributed by atoms with Crippen molar-refractivity contribution in [1.29, 1.82) is 0 Å². The number of hydrogen-bond acceptors (Lipinski definition) is 6. The van der Waals surface area contributed by atoms with E-state index in [1.54, 1.807) is 12.1 Å². The van der Waals surface area contributed by atoms with E-state index in [1.807, 2.05) is 51.1 Å². The predicted octanol–water partition coefficient (Wildman–Crippen LogP) is 3.77. The number of benzene rings is 2. The van der Waals surface area contributed by atoms with Crippen molar-refractivity contribution in [1.82, 2.24) is 10.2 Å².